The van der Waals surface area contributed by atoms with Crippen LogP contribution in [0.2, 0.25) is 5.02 Å². The van der Waals surface area contributed by atoms with E-state index in [1.165, 1.54) is 18.2 Å². The van der Waals surface area contributed by atoms with Gasteiger partial charge < -0.3 is 25.4 Å². The lowest BCUT2D eigenvalue weighted by Crippen LogP contribution is -2.26. The number of aromatic hydroxyl groups is 1. The van der Waals surface area contributed by atoms with E-state index in [-0.39, 0.29) is 16.9 Å². The second-order valence-corrected chi connectivity index (χ2v) is 8.84. The molecule has 1 aliphatic heterocycles. The fraction of sp³-hybridized carbons (Fsp3) is 0.208. The highest BCUT2D eigenvalue weighted by molar-refractivity contribution is 6.32. The number of benzene rings is 3. The molecule has 3 N–H and O–H groups in total. The molecule has 0 saturated heterocycles. The molecule has 10 heteroatoms. The van der Waals surface area contributed by atoms with Gasteiger partial charge in [-0.15, -0.1) is 13.2 Å². The molecule has 0 spiro atoms. The standard InChI is InChI=1S/C24H21ClF3N3O3/c1-23(2)13-31(21-19(32)12-11-16(25)20(21)23)18-6-4-3-5-17(18)30-22(33)29-14-7-9-15(10-8-14)34-24(26,27)28/h3-12,32H,13H2,1-2H3,(H2,29,30,33). The highest BCUT2D eigenvalue weighted by Crippen LogP contribution is 2.52. The monoisotopic (exact) mass is 491 g/mol. The molecule has 178 valence electrons. The van der Waals surface area contributed by atoms with Crippen LogP contribution >= 0.6 is 11.6 Å². The molecular formula is C24H21ClF3N3O3. The summed E-state index contributed by atoms with van der Waals surface area (Å²) >= 11 is 6.45. The Bertz CT molecular complexity index is 1230. The van der Waals surface area contributed by atoms with Crippen molar-refractivity contribution < 1.29 is 27.8 Å². The fourth-order valence-corrected chi connectivity index (χ4v) is 4.48. The minimum atomic E-state index is -4.79. The van der Waals surface area contributed by atoms with E-state index in [1.807, 2.05) is 30.9 Å². The molecule has 34 heavy (non-hydrogen) atoms. The first-order valence-corrected chi connectivity index (χ1v) is 10.6. The number of halogens is 4. The van der Waals surface area contributed by atoms with Gasteiger partial charge in [0.1, 0.15) is 11.5 Å². The van der Waals surface area contributed by atoms with Gasteiger partial charge in [0.05, 0.1) is 17.1 Å². The Hall–Kier alpha value is -3.59. The molecule has 0 aliphatic carbocycles. The van der Waals surface area contributed by atoms with Gasteiger partial charge in [0.25, 0.3) is 0 Å². The lowest BCUT2D eigenvalue weighted by molar-refractivity contribution is -0.274. The third-order valence-corrected chi connectivity index (χ3v) is 5.71. The smallest absolute Gasteiger partial charge is 0.506 e. The molecular weight excluding hydrogens is 471 g/mol. The molecule has 0 atom stereocenters. The molecule has 6 nitrogen and oxygen atoms in total. The number of hydrogen-bond acceptors (Lipinski definition) is 4. The van der Waals surface area contributed by atoms with Crippen molar-refractivity contribution in [2.75, 3.05) is 22.1 Å². The van der Waals surface area contributed by atoms with Crippen molar-refractivity contribution >= 4 is 40.4 Å². The average Bonchev–Trinajstić information content (AvgIpc) is 3.04. The minimum absolute atomic E-state index is 0.0744. The maximum atomic E-state index is 12.6. The van der Waals surface area contributed by atoms with Gasteiger partial charge in [0, 0.05) is 28.2 Å². The normalized spacial score (nSPS) is 14.5. The maximum absolute atomic E-state index is 12.6. The molecule has 0 fully saturated rings. The van der Waals surface area contributed by atoms with Crippen LogP contribution in [-0.2, 0) is 5.41 Å². The summed E-state index contributed by atoms with van der Waals surface area (Å²) in [6.07, 6.45) is -4.79. The molecule has 3 aromatic rings. The molecule has 1 heterocycles. The highest BCUT2D eigenvalue weighted by atomic mass is 35.5. The van der Waals surface area contributed by atoms with Crippen LogP contribution in [0.25, 0.3) is 0 Å². The van der Waals surface area contributed by atoms with Gasteiger partial charge in [-0.25, -0.2) is 4.79 Å². The summed E-state index contributed by atoms with van der Waals surface area (Å²) in [6, 6.07) is 14.5. The van der Waals surface area contributed by atoms with Crippen LogP contribution in [0.4, 0.5) is 40.7 Å². The number of amides is 2. The predicted octanol–water partition coefficient (Wildman–Crippen LogP) is 7.02. The van der Waals surface area contributed by atoms with E-state index < -0.39 is 18.1 Å². The number of phenolic OH excluding ortho intramolecular Hbond substituents is 1. The summed E-state index contributed by atoms with van der Waals surface area (Å²) in [5.41, 5.74) is 2.43. The summed E-state index contributed by atoms with van der Waals surface area (Å²) in [7, 11) is 0. The molecule has 4 rings (SSSR count). The highest BCUT2D eigenvalue weighted by Gasteiger charge is 2.40. The number of nitrogens with one attached hydrogen (secondary N) is 2. The quantitative estimate of drug-likeness (QED) is 0.367. The first kappa shape index (κ1) is 23.6. The number of phenols is 1. The van der Waals surface area contributed by atoms with Crippen LogP contribution in [0.3, 0.4) is 0 Å². The maximum Gasteiger partial charge on any atom is 0.573 e. The molecule has 0 bridgehead atoms. The third kappa shape index (κ3) is 4.84. The number of carbonyl (C=O) groups excluding carboxylic acids is 1. The number of carbonyl (C=O) groups is 1. The average molecular weight is 492 g/mol. The summed E-state index contributed by atoms with van der Waals surface area (Å²) in [5.74, 6) is -0.317. The van der Waals surface area contributed by atoms with Crippen LogP contribution in [0.1, 0.15) is 19.4 Å². The van der Waals surface area contributed by atoms with Gasteiger partial charge in [0.2, 0.25) is 0 Å². The number of rotatable bonds is 4. The van der Waals surface area contributed by atoms with Gasteiger partial charge >= 0.3 is 12.4 Å². The van der Waals surface area contributed by atoms with E-state index in [4.69, 9.17) is 11.6 Å². The van der Waals surface area contributed by atoms with Crippen molar-refractivity contribution in [3.63, 3.8) is 0 Å². The molecule has 0 radical (unpaired) electrons. The Morgan fingerprint density at radius 2 is 1.74 bits per heavy atom. The zero-order valence-electron chi connectivity index (χ0n) is 18.2. The van der Waals surface area contributed by atoms with E-state index in [0.29, 0.717) is 28.6 Å². The number of ether oxygens (including phenoxy) is 1. The van der Waals surface area contributed by atoms with E-state index in [0.717, 1.165) is 17.7 Å². The lowest BCUT2D eigenvalue weighted by Gasteiger charge is -2.25. The molecule has 0 aromatic heterocycles. The lowest BCUT2D eigenvalue weighted by atomic mass is 9.87. The zero-order valence-corrected chi connectivity index (χ0v) is 19.0. The molecule has 2 amide bonds. The number of anilines is 4. The van der Waals surface area contributed by atoms with Crippen LogP contribution in [0.15, 0.2) is 60.7 Å². The van der Waals surface area contributed by atoms with Gasteiger partial charge in [-0.3, -0.25) is 0 Å². The van der Waals surface area contributed by atoms with E-state index in [2.05, 4.69) is 15.4 Å². The molecule has 1 aliphatic rings. The van der Waals surface area contributed by atoms with Gasteiger partial charge in [0.15, 0.2) is 0 Å². The van der Waals surface area contributed by atoms with E-state index >= 15 is 0 Å². The van der Waals surface area contributed by atoms with Gasteiger partial charge in [-0.05, 0) is 48.5 Å². The van der Waals surface area contributed by atoms with Crippen molar-refractivity contribution in [1.82, 2.24) is 0 Å². The van der Waals surface area contributed by atoms with Crippen LogP contribution in [-0.4, -0.2) is 24.0 Å². The van der Waals surface area contributed by atoms with E-state index in [1.54, 1.807) is 18.2 Å². The van der Waals surface area contributed by atoms with Crippen LogP contribution < -0.4 is 20.3 Å². The first-order valence-electron chi connectivity index (χ1n) is 10.3. The Labute approximate surface area is 198 Å². The Balaban J connectivity index is 1.56. The number of para-hydroxylation sites is 2. The van der Waals surface area contributed by atoms with Gasteiger partial charge in [-0.2, -0.15) is 0 Å². The molecule has 0 unspecified atom stereocenters. The SMILES string of the molecule is CC1(C)CN(c2ccccc2NC(=O)Nc2ccc(OC(F)(F)F)cc2)c2c(O)ccc(Cl)c21. The number of hydrogen-bond donors (Lipinski definition) is 3. The predicted molar refractivity (Wildman–Crippen MR) is 125 cm³/mol. The summed E-state index contributed by atoms with van der Waals surface area (Å²) < 4.78 is 40.8. The Kier molecular flexibility index (Phi) is 5.99. The number of nitrogens with zero attached hydrogens (tertiary/aromatic N) is 1. The minimum Gasteiger partial charge on any atom is -0.506 e. The van der Waals surface area contributed by atoms with Crippen molar-refractivity contribution in [2.45, 2.75) is 25.6 Å². The third-order valence-electron chi connectivity index (χ3n) is 5.39. The summed E-state index contributed by atoms with van der Waals surface area (Å²) in [5, 5.41) is 16.5. The van der Waals surface area contributed by atoms with Crippen LogP contribution in [0.5, 0.6) is 11.5 Å². The number of fused-ring (bicyclic) bond motifs is 1. The first-order chi connectivity index (χ1) is 15.9. The van der Waals surface area contributed by atoms with E-state index in [9.17, 15) is 23.1 Å². The van der Waals surface area contributed by atoms with Crippen molar-refractivity contribution in [3.8, 4) is 11.5 Å². The second-order valence-electron chi connectivity index (χ2n) is 8.43. The zero-order chi connectivity index (χ0) is 24.7. The topological polar surface area (TPSA) is 73.8 Å². The van der Waals surface area contributed by atoms with Crippen molar-refractivity contribution in [2.24, 2.45) is 0 Å². The number of urea groups is 1. The largest absolute Gasteiger partial charge is 0.573 e. The van der Waals surface area contributed by atoms with Crippen molar-refractivity contribution in [1.29, 1.82) is 0 Å². The second kappa shape index (κ2) is 8.64. The molecule has 3 aromatic carbocycles. The summed E-state index contributed by atoms with van der Waals surface area (Å²) in [4.78, 5) is 14.5. The van der Waals surface area contributed by atoms with Crippen LogP contribution in [0, 0.1) is 0 Å². The summed E-state index contributed by atoms with van der Waals surface area (Å²) in [6.45, 7) is 4.55. The number of alkyl halides is 3. The Morgan fingerprint density at radius 3 is 2.41 bits per heavy atom. The molecule has 0 saturated carbocycles. The van der Waals surface area contributed by atoms with Crippen molar-refractivity contribution in [3.05, 3.63) is 71.2 Å². The fourth-order valence-electron chi connectivity index (χ4n) is 4.07. The Morgan fingerprint density at radius 1 is 1.06 bits per heavy atom. The van der Waals surface area contributed by atoms with Gasteiger partial charge in [-0.1, -0.05) is 37.6 Å².